The Hall–Kier alpha value is -1.79. The summed E-state index contributed by atoms with van der Waals surface area (Å²) in [5.41, 5.74) is 1.19. The zero-order chi connectivity index (χ0) is 20.7. The van der Waals surface area contributed by atoms with Gasteiger partial charge in [0.05, 0.1) is 0 Å². The molecule has 0 atom stereocenters. The van der Waals surface area contributed by atoms with Crippen molar-refractivity contribution in [1.82, 2.24) is 15.5 Å². The number of guanidine groups is 1. The smallest absolute Gasteiger partial charge is 0.191 e. The second-order valence-electron chi connectivity index (χ2n) is 7.73. The van der Waals surface area contributed by atoms with Gasteiger partial charge in [0.2, 0.25) is 0 Å². The predicted molar refractivity (Wildman–Crippen MR) is 121 cm³/mol. The topological polar surface area (TPSA) is 58.1 Å². The Balaban J connectivity index is 1.68. The van der Waals surface area contributed by atoms with Crippen molar-refractivity contribution >= 4 is 5.96 Å². The molecule has 2 rings (SSSR count). The Kier molecular flexibility index (Phi) is 11.5. The van der Waals surface area contributed by atoms with Crippen LogP contribution in [0, 0.1) is 0 Å². The van der Waals surface area contributed by atoms with Crippen LogP contribution in [-0.4, -0.2) is 63.9 Å². The molecule has 29 heavy (non-hydrogen) atoms. The Bertz CT molecular complexity index is 588. The maximum Gasteiger partial charge on any atom is 0.191 e. The molecule has 0 saturated carbocycles. The summed E-state index contributed by atoms with van der Waals surface area (Å²) in [6.07, 6.45) is 7.24. The molecule has 1 aromatic rings. The number of hydrogen-bond acceptors (Lipinski definition) is 4. The van der Waals surface area contributed by atoms with Crippen LogP contribution >= 0.6 is 0 Å². The van der Waals surface area contributed by atoms with Gasteiger partial charge in [-0.2, -0.15) is 0 Å². The van der Waals surface area contributed by atoms with Gasteiger partial charge in [-0.1, -0.05) is 38.3 Å². The molecule has 0 radical (unpaired) electrons. The highest BCUT2D eigenvalue weighted by atomic mass is 16.5. The molecule has 0 unspecified atom stereocenters. The number of rotatable bonds is 12. The molecule has 1 aliphatic rings. The summed E-state index contributed by atoms with van der Waals surface area (Å²) < 4.78 is 11.4. The summed E-state index contributed by atoms with van der Waals surface area (Å²) in [4.78, 5) is 6.70. The fraction of sp³-hybridized carbons (Fsp3) is 0.696. The van der Waals surface area contributed by atoms with Crippen LogP contribution in [0.5, 0.6) is 5.75 Å². The molecule has 0 amide bonds. The lowest BCUT2D eigenvalue weighted by Gasteiger charge is -2.31. The van der Waals surface area contributed by atoms with E-state index in [0.29, 0.717) is 12.6 Å². The van der Waals surface area contributed by atoms with Crippen LogP contribution in [0.25, 0.3) is 0 Å². The second kappa shape index (κ2) is 14.2. The third-order valence-electron chi connectivity index (χ3n) is 5.43. The lowest BCUT2D eigenvalue weighted by atomic mass is 10.1. The van der Waals surface area contributed by atoms with E-state index in [1.807, 2.05) is 13.1 Å². The van der Waals surface area contributed by atoms with Crippen molar-refractivity contribution < 1.29 is 9.47 Å². The number of unbranched alkanes of at least 4 members (excludes halogenated alkanes) is 3. The zero-order valence-corrected chi connectivity index (χ0v) is 18.6. The van der Waals surface area contributed by atoms with Gasteiger partial charge in [0, 0.05) is 45.9 Å². The van der Waals surface area contributed by atoms with Crippen LogP contribution in [0.1, 0.15) is 51.0 Å². The van der Waals surface area contributed by atoms with E-state index in [9.17, 15) is 0 Å². The molecule has 6 heteroatoms. The Morgan fingerprint density at radius 1 is 1.21 bits per heavy atom. The van der Waals surface area contributed by atoms with Crippen LogP contribution in [0.2, 0.25) is 0 Å². The van der Waals surface area contributed by atoms with E-state index >= 15 is 0 Å². The molecule has 1 heterocycles. The van der Waals surface area contributed by atoms with Gasteiger partial charge in [-0.05, 0) is 44.0 Å². The number of ether oxygens (including phenoxy) is 2. The highest BCUT2D eigenvalue weighted by molar-refractivity contribution is 5.79. The molecule has 1 aromatic carbocycles. The average Bonchev–Trinajstić information content (AvgIpc) is 2.76. The number of aliphatic imine (C=N–C) groups is 1. The minimum atomic E-state index is 0.615. The number of benzene rings is 1. The fourth-order valence-electron chi connectivity index (χ4n) is 3.53. The molecular weight excluding hydrogens is 364 g/mol. The lowest BCUT2D eigenvalue weighted by Crippen LogP contribution is -2.38. The number of likely N-dealkylation sites (N-methyl/N-ethyl adjacent to an activating group) is 1. The highest BCUT2D eigenvalue weighted by Gasteiger charge is 2.17. The molecule has 0 aliphatic carbocycles. The van der Waals surface area contributed by atoms with Gasteiger partial charge < -0.3 is 20.1 Å². The molecule has 0 bridgehead atoms. The third-order valence-corrected chi connectivity index (χ3v) is 5.43. The summed E-state index contributed by atoms with van der Waals surface area (Å²) in [6, 6.07) is 8.91. The molecule has 0 aromatic heterocycles. The number of nitrogens with one attached hydrogen (secondary N) is 2. The van der Waals surface area contributed by atoms with Crippen LogP contribution in [-0.2, 0) is 11.3 Å². The first-order valence-electron chi connectivity index (χ1n) is 11.2. The van der Waals surface area contributed by atoms with Crippen LogP contribution < -0.4 is 15.4 Å². The van der Waals surface area contributed by atoms with E-state index in [1.54, 1.807) is 0 Å². The van der Waals surface area contributed by atoms with E-state index in [2.05, 4.69) is 52.7 Å². The Labute approximate surface area is 177 Å². The molecule has 164 valence electrons. The summed E-state index contributed by atoms with van der Waals surface area (Å²) in [5, 5.41) is 6.77. The van der Waals surface area contributed by atoms with Crippen LogP contribution in [0.15, 0.2) is 29.3 Å². The standard InChI is InChI=1S/C23H40N4O2/c1-4-5-6-7-13-25-23(24-2)26-19-20-9-8-10-22(18-20)29-17-14-27(3)21-11-15-28-16-12-21/h8-10,18,21H,4-7,11-17,19H2,1-3H3,(H2,24,25,26). The van der Waals surface area contributed by atoms with Gasteiger partial charge in [0.1, 0.15) is 12.4 Å². The van der Waals surface area contributed by atoms with Gasteiger partial charge in [-0.25, -0.2) is 0 Å². The summed E-state index contributed by atoms with van der Waals surface area (Å²) in [7, 11) is 4.00. The van der Waals surface area contributed by atoms with Gasteiger partial charge >= 0.3 is 0 Å². The van der Waals surface area contributed by atoms with E-state index in [-0.39, 0.29) is 0 Å². The van der Waals surface area contributed by atoms with Crippen molar-refractivity contribution in [3.63, 3.8) is 0 Å². The fourth-order valence-corrected chi connectivity index (χ4v) is 3.53. The van der Waals surface area contributed by atoms with Crippen LogP contribution in [0.4, 0.5) is 0 Å². The normalized spacial score (nSPS) is 15.5. The van der Waals surface area contributed by atoms with Crippen molar-refractivity contribution in [1.29, 1.82) is 0 Å². The molecule has 6 nitrogen and oxygen atoms in total. The second-order valence-corrected chi connectivity index (χ2v) is 7.73. The Morgan fingerprint density at radius 2 is 2.03 bits per heavy atom. The maximum absolute atomic E-state index is 6.00. The average molecular weight is 405 g/mol. The minimum absolute atomic E-state index is 0.615. The quantitative estimate of drug-likeness (QED) is 0.318. The monoisotopic (exact) mass is 404 g/mol. The number of nitrogens with zero attached hydrogens (tertiary/aromatic N) is 2. The maximum atomic E-state index is 6.00. The van der Waals surface area contributed by atoms with Gasteiger partial charge in [-0.3, -0.25) is 9.89 Å². The van der Waals surface area contributed by atoms with E-state index in [0.717, 1.165) is 57.4 Å². The van der Waals surface area contributed by atoms with E-state index in [1.165, 1.54) is 31.2 Å². The molecule has 0 spiro atoms. The Morgan fingerprint density at radius 3 is 2.79 bits per heavy atom. The molecule has 2 N–H and O–H groups in total. The minimum Gasteiger partial charge on any atom is -0.492 e. The van der Waals surface area contributed by atoms with Crippen molar-refractivity contribution in [3.05, 3.63) is 29.8 Å². The van der Waals surface area contributed by atoms with Crippen molar-refractivity contribution in [2.75, 3.05) is 47.0 Å². The first-order chi connectivity index (χ1) is 14.2. The highest BCUT2D eigenvalue weighted by Crippen LogP contribution is 2.15. The molecular formula is C23H40N4O2. The van der Waals surface area contributed by atoms with Gasteiger partial charge in [-0.15, -0.1) is 0 Å². The molecule has 1 saturated heterocycles. The van der Waals surface area contributed by atoms with Crippen molar-refractivity contribution in [2.24, 2.45) is 4.99 Å². The summed E-state index contributed by atoms with van der Waals surface area (Å²) >= 11 is 0. The first-order valence-corrected chi connectivity index (χ1v) is 11.2. The predicted octanol–water partition coefficient (Wildman–Crippen LogP) is 3.42. The van der Waals surface area contributed by atoms with Crippen molar-refractivity contribution in [3.8, 4) is 5.75 Å². The van der Waals surface area contributed by atoms with Gasteiger partial charge in [0.15, 0.2) is 5.96 Å². The number of hydrogen-bond donors (Lipinski definition) is 2. The largest absolute Gasteiger partial charge is 0.492 e. The first kappa shape index (κ1) is 23.5. The van der Waals surface area contributed by atoms with Gasteiger partial charge in [0.25, 0.3) is 0 Å². The lowest BCUT2D eigenvalue weighted by molar-refractivity contribution is 0.0392. The third kappa shape index (κ3) is 9.50. The van der Waals surface area contributed by atoms with Crippen molar-refractivity contribution in [2.45, 2.75) is 58.0 Å². The van der Waals surface area contributed by atoms with E-state index < -0.39 is 0 Å². The summed E-state index contributed by atoms with van der Waals surface area (Å²) in [5.74, 6) is 1.78. The van der Waals surface area contributed by atoms with Crippen LogP contribution in [0.3, 0.4) is 0 Å². The zero-order valence-electron chi connectivity index (χ0n) is 18.6. The molecule has 1 aliphatic heterocycles. The molecule has 1 fully saturated rings. The summed E-state index contributed by atoms with van der Waals surface area (Å²) in [6.45, 7) is 7.31. The SMILES string of the molecule is CCCCCCNC(=NC)NCc1cccc(OCCN(C)C2CCOCC2)c1. The van der Waals surface area contributed by atoms with E-state index in [4.69, 9.17) is 9.47 Å².